The molecule has 2 rings (SSSR count). The quantitative estimate of drug-likeness (QED) is 0.865. The zero-order valence-electron chi connectivity index (χ0n) is 9.83. The van der Waals surface area contributed by atoms with Gasteiger partial charge in [0, 0.05) is 10.0 Å². The van der Waals surface area contributed by atoms with Gasteiger partial charge in [-0.3, -0.25) is 0 Å². The van der Waals surface area contributed by atoms with Gasteiger partial charge in [-0.2, -0.15) is 0 Å². The smallest absolute Gasteiger partial charge is 0.130 e. The zero-order valence-corrected chi connectivity index (χ0v) is 11.4. The van der Waals surface area contributed by atoms with E-state index in [1.54, 1.807) is 12.1 Å². The minimum atomic E-state index is -0.686. The molecule has 0 aliphatic heterocycles. The molecule has 1 aromatic rings. The summed E-state index contributed by atoms with van der Waals surface area (Å²) in [6.07, 6.45) is 6.13. The second kappa shape index (κ2) is 5.96. The lowest BCUT2D eigenvalue weighted by atomic mass is 9.84. The molecule has 0 saturated heterocycles. The van der Waals surface area contributed by atoms with E-state index >= 15 is 0 Å². The van der Waals surface area contributed by atoms with Gasteiger partial charge in [0.1, 0.15) is 5.82 Å². The number of rotatable bonds is 3. The third kappa shape index (κ3) is 3.29. The van der Waals surface area contributed by atoms with Crippen LogP contribution in [0.15, 0.2) is 22.7 Å². The van der Waals surface area contributed by atoms with Crippen LogP contribution in [0.25, 0.3) is 0 Å². The van der Waals surface area contributed by atoms with Crippen molar-refractivity contribution in [2.45, 2.75) is 44.6 Å². The van der Waals surface area contributed by atoms with Gasteiger partial charge in [-0.15, -0.1) is 0 Å². The highest BCUT2D eigenvalue weighted by Gasteiger charge is 2.22. The summed E-state index contributed by atoms with van der Waals surface area (Å²) >= 11 is 3.31. The van der Waals surface area contributed by atoms with Crippen LogP contribution in [0.1, 0.15) is 50.2 Å². The summed E-state index contributed by atoms with van der Waals surface area (Å²) in [6, 6.07) is 4.84. The summed E-state index contributed by atoms with van der Waals surface area (Å²) in [5.74, 6) is 0.230. The van der Waals surface area contributed by atoms with Crippen LogP contribution in [-0.2, 0) is 0 Å². The van der Waals surface area contributed by atoms with Crippen LogP contribution in [0.2, 0.25) is 0 Å². The predicted molar refractivity (Wildman–Crippen MR) is 70.3 cm³/mol. The molecule has 1 N–H and O–H groups in total. The fourth-order valence-corrected chi connectivity index (χ4v) is 3.29. The molecular weight excluding hydrogens is 283 g/mol. The maximum absolute atomic E-state index is 13.7. The molecule has 1 nitrogen and oxygen atoms in total. The minimum absolute atomic E-state index is 0.317. The number of hydrogen-bond acceptors (Lipinski definition) is 1. The average Bonchev–Trinajstić information content (AvgIpc) is 2.30. The summed E-state index contributed by atoms with van der Waals surface area (Å²) in [6.45, 7) is 0. The Morgan fingerprint density at radius 1 is 1.29 bits per heavy atom. The molecule has 3 heteroatoms. The molecule has 1 unspecified atom stereocenters. The van der Waals surface area contributed by atoms with Crippen LogP contribution in [0, 0.1) is 11.7 Å². The van der Waals surface area contributed by atoms with Crippen LogP contribution in [-0.4, -0.2) is 5.11 Å². The molecule has 94 valence electrons. The van der Waals surface area contributed by atoms with E-state index in [9.17, 15) is 9.50 Å². The Balaban J connectivity index is 2.05. The number of hydrogen-bond donors (Lipinski definition) is 1. The van der Waals surface area contributed by atoms with Crippen LogP contribution < -0.4 is 0 Å². The predicted octanol–water partition coefficient (Wildman–Crippen LogP) is 4.59. The van der Waals surface area contributed by atoms with Crippen molar-refractivity contribution in [3.8, 4) is 0 Å². The second-order valence-corrected chi connectivity index (χ2v) is 5.75. The Kier molecular flexibility index (Phi) is 4.57. The van der Waals surface area contributed by atoms with Crippen molar-refractivity contribution in [2.24, 2.45) is 5.92 Å². The monoisotopic (exact) mass is 300 g/mol. The van der Waals surface area contributed by atoms with Crippen molar-refractivity contribution >= 4 is 15.9 Å². The summed E-state index contributed by atoms with van der Waals surface area (Å²) in [4.78, 5) is 0. The Hall–Kier alpha value is -0.410. The van der Waals surface area contributed by atoms with Crippen LogP contribution in [0.3, 0.4) is 0 Å². The number of aliphatic hydroxyl groups is 1. The molecule has 1 aliphatic carbocycles. The molecular formula is C14H18BrFO. The van der Waals surface area contributed by atoms with Crippen molar-refractivity contribution in [3.63, 3.8) is 0 Å². The maximum atomic E-state index is 13.7. The van der Waals surface area contributed by atoms with Gasteiger partial charge in [0.25, 0.3) is 0 Å². The molecule has 17 heavy (non-hydrogen) atoms. The van der Waals surface area contributed by atoms with Crippen LogP contribution in [0.4, 0.5) is 4.39 Å². The Bertz CT molecular complexity index is 354. The molecule has 1 fully saturated rings. The first-order valence-corrected chi connectivity index (χ1v) is 7.09. The van der Waals surface area contributed by atoms with Crippen molar-refractivity contribution < 1.29 is 9.50 Å². The van der Waals surface area contributed by atoms with E-state index in [1.165, 1.54) is 38.2 Å². The van der Waals surface area contributed by atoms with E-state index in [4.69, 9.17) is 0 Å². The second-order valence-electron chi connectivity index (χ2n) is 4.89. The van der Waals surface area contributed by atoms with Crippen LogP contribution in [0.5, 0.6) is 0 Å². The summed E-state index contributed by atoms with van der Waals surface area (Å²) < 4.78 is 14.3. The lowest BCUT2D eigenvalue weighted by Crippen LogP contribution is -2.12. The van der Waals surface area contributed by atoms with E-state index in [2.05, 4.69) is 15.9 Å². The highest BCUT2D eigenvalue weighted by Crippen LogP contribution is 2.35. The molecule has 0 bridgehead atoms. The molecule has 1 aromatic carbocycles. The lowest BCUT2D eigenvalue weighted by Gasteiger charge is -2.24. The number of benzene rings is 1. The normalized spacial score (nSPS) is 19.2. The fourth-order valence-electron chi connectivity index (χ4n) is 2.69. The van der Waals surface area contributed by atoms with Crippen molar-refractivity contribution in [1.82, 2.24) is 0 Å². The Labute approximate surface area is 110 Å². The van der Waals surface area contributed by atoms with E-state index < -0.39 is 6.10 Å². The van der Waals surface area contributed by atoms with E-state index in [0.717, 1.165) is 0 Å². The van der Waals surface area contributed by atoms with Gasteiger partial charge >= 0.3 is 0 Å². The van der Waals surface area contributed by atoms with Crippen molar-refractivity contribution in [2.75, 3.05) is 0 Å². The number of aliphatic hydroxyl groups excluding tert-OH is 1. The van der Waals surface area contributed by atoms with E-state index in [0.29, 0.717) is 22.4 Å². The Morgan fingerprint density at radius 3 is 2.65 bits per heavy atom. The van der Waals surface area contributed by atoms with Crippen molar-refractivity contribution in [1.29, 1.82) is 0 Å². The summed E-state index contributed by atoms with van der Waals surface area (Å²) in [5.41, 5.74) is 0.415. The van der Waals surface area contributed by atoms with Gasteiger partial charge in [0.05, 0.1) is 6.10 Å². The molecule has 0 radical (unpaired) electrons. The largest absolute Gasteiger partial charge is 0.388 e. The van der Waals surface area contributed by atoms with E-state index in [1.807, 2.05) is 0 Å². The highest BCUT2D eigenvalue weighted by atomic mass is 79.9. The van der Waals surface area contributed by atoms with Gasteiger partial charge < -0.3 is 5.11 Å². The highest BCUT2D eigenvalue weighted by molar-refractivity contribution is 9.10. The molecule has 0 spiro atoms. The summed E-state index contributed by atoms with van der Waals surface area (Å²) in [5, 5.41) is 10.2. The molecule has 0 aromatic heterocycles. The first-order valence-electron chi connectivity index (χ1n) is 6.30. The maximum Gasteiger partial charge on any atom is 0.130 e. The Morgan fingerprint density at radius 2 is 2.00 bits per heavy atom. The van der Waals surface area contributed by atoms with Crippen LogP contribution >= 0.6 is 15.9 Å². The zero-order chi connectivity index (χ0) is 12.3. The standard InChI is InChI=1S/C14H18BrFO/c15-11-7-4-8-12(16)14(11)13(17)9-10-5-2-1-3-6-10/h4,7-8,10,13,17H,1-3,5-6,9H2. The van der Waals surface area contributed by atoms with E-state index in [-0.39, 0.29) is 5.82 Å². The number of halogens is 2. The molecule has 1 atom stereocenters. The fraction of sp³-hybridized carbons (Fsp3) is 0.571. The molecule has 1 saturated carbocycles. The first kappa shape index (κ1) is 13.0. The van der Waals surface area contributed by atoms with Gasteiger partial charge in [-0.05, 0) is 24.5 Å². The lowest BCUT2D eigenvalue weighted by molar-refractivity contribution is 0.127. The molecule has 0 amide bonds. The average molecular weight is 301 g/mol. The first-order chi connectivity index (χ1) is 8.18. The van der Waals surface area contributed by atoms with Gasteiger partial charge in [-0.25, -0.2) is 4.39 Å². The van der Waals surface area contributed by atoms with Gasteiger partial charge in [-0.1, -0.05) is 54.1 Å². The third-order valence-corrected chi connectivity index (χ3v) is 4.31. The van der Waals surface area contributed by atoms with Gasteiger partial charge in [0.2, 0.25) is 0 Å². The van der Waals surface area contributed by atoms with Gasteiger partial charge in [0.15, 0.2) is 0 Å². The topological polar surface area (TPSA) is 20.2 Å². The minimum Gasteiger partial charge on any atom is -0.388 e. The summed E-state index contributed by atoms with van der Waals surface area (Å²) in [7, 11) is 0. The third-order valence-electron chi connectivity index (χ3n) is 3.61. The molecule has 1 aliphatic rings. The molecule has 0 heterocycles. The SMILES string of the molecule is OC(CC1CCCCC1)c1c(F)cccc1Br. The van der Waals surface area contributed by atoms with Crippen molar-refractivity contribution in [3.05, 3.63) is 34.1 Å².